The number of aryl methyl sites for hydroxylation is 1. The van der Waals surface area contributed by atoms with Gasteiger partial charge in [0.25, 0.3) is 0 Å². The normalized spacial score (nSPS) is 8.11. The summed E-state index contributed by atoms with van der Waals surface area (Å²) in [5, 5.41) is 0. The predicted octanol–water partition coefficient (Wildman–Crippen LogP) is 1.64. The molecule has 0 amide bonds. The fourth-order valence-corrected chi connectivity index (χ4v) is 0.607. The zero-order valence-electron chi connectivity index (χ0n) is 5.28. The molecule has 1 nitrogen and oxygen atoms in total. The van der Waals surface area contributed by atoms with Crippen LogP contribution in [-0.2, 0) is 27.5 Å². The molecule has 0 aliphatic carbocycles. The molecule has 0 atom stereocenters. The Balaban J connectivity index is 0.000000640. The van der Waals surface area contributed by atoms with Gasteiger partial charge in [-0.15, -0.1) is 0 Å². The average Bonchev–Trinajstić information content (AvgIpc) is 1.90. The molecule has 0 bridgehead atoms. The summed E-state index contributed by atoms with van der Waals surface area (Å²) in [6.45, 7) is 2.10. The van der Waals surface area contributed by atoms with Crippen LogP contribution in [0.4, 0.5) is 0 Å². The van der Waals surface area contributed by atoms with Gasteiger partial charge in [0.2, 0.25) is 0 Å². The van der Waals surface area contributed by atoms with Crippen LogP contribution in [0.2, 0.25) is 0 Å². The molecule has 0 unspecified atom stereocenters. The van der Waals surface area contributed by atoms with Gasteiger partial charge in [0.1, 0.15) is 0 Å². The minimum Gasteiger partial charge on any atom is -0.261 e. The summed E-state index contributed by atoms with van der Waals surface area (Å²) in [5.41, 5.74) is 1.16. The molecular formula is C7H9NPt. The molecule has 0 radical (unpaired) electrons. The summed E-state index contributed by atoms with van der Waals surface area (Å²) in [7, 11) is 0. The molecule has 0 aromatic carbocycles. The largest absolute Gasteiger partial charge is 0.261 e. The first-order chi connectivity index (χ1) is 3.93. The van der Waals surface area contributed by atoms with E-state index < -0.39 is 0 Å². The number of aromatic nitrogens is 1. The van der Waals surface area contributed by atoms with E-state index in [1.165, 1.54) is 0 Å². The molecule has 0 fully saturated rings. The van der Waals surface area contributed by atoms with E-state index in [4.69, 9.17) is 0 Å². The first-order valence-electron chi connectivity index (χ1n) is 2.83. The summed E-state index contributed by atoms with van der Waals surface area (Å²) < 4.78 is 0. The van der Waals surface area contributed by atoms with E-state index >= 15 is 0 Å². The van der Waals surface area contributed by atoms with Gasteiger partial charge in [0.05, 0.1) is 0 Å². The average molecular weight is 302 g/mol. The van der Waals surface area contributed by atoms with Crippen LogP contribution in [0, 0.1) is 0 Å². The molecular weight excluding hydrogens is 293 g/mol. The van der Waals surface area contributed by atoms with E-state index in [0.29, 0.717) is 0 Å². The van der Waals surface area contributed by atoms with Gasteiger partial charge in [-0.2, -0.15) is 0 Å². The van der Waals surface area contributed by atoms with Gasteiger partial charge >= 0.3 is 0 Å². The Kier molecular flexibility index (Phi) is 4.61. The van der Waals surface area contributed by atoms with Crippen LogP contribution >= 0.6 is 0 Å². The van der Waals surface area contributed by atoms with Crippen molar-refractivity contribution in [2.75, 3.05) is 0 Å². The molecule has 0 saturated carbocycles. The number of hydrogen-bond acceptors (Lipinski definition) is 1. The van der Waals surface area contributed by atoms with Crippen LogP contribution in [0.1, 0.15) is 12.6 Å². The zero-order chi connectivity index (χ0) is 5.82. The molecule has 1 heterocycles. The maximum atomic E-state index is 4.10. The molecule has 2 heteroatoms. The molecule has 9 heavy (non-hydrogen) atoms. The Labute approximate surface area is 69.8 Å². The number of pyridine rings is 1. The van der Waals surface area contributed by atoms with Crippen LogP contribution in [-0.4, -0.2) is 4.98 Å². The van der Waals surface area contributed by atoms with Gasteiger partial charge < -0.3 is 0 Å². The third-order valence-electron chi connectivity index (χ3n) is 1.09. The molecule has 1 aromatic heterocycles. The predicted molar refractivity (Wildman–Crippen MR) is 33.6 cm³/mol. The second-order valence-corrected chi connectivity index (χ2v) is 1.67. The third-order valence-corrected chi connectivity index (χ3v) is 1.09. The van der Waals surface area contributed by atoms with Gasteiger partial charge in [-0.05, 0) is 18.6 Å². The molecule has 0 aliphatic rings. The fraction of sp³-hybridized carbons (Fsp3) is 0.286. The van der Waals surface area contributed by atoms with Crippen molar-refractivity contribution in [3.63, 3.8) is 0 Å². The van der Waals surface area contributed by atoms with Crippen molar-refractivity contribution in [2.45, 2.75) is 13.3 Å². The minimum atomic E-state index is 0. The first kappa shape index (κ1) is 8.84. The van der Waals surface area contributed by atoms with E-state index in [1.807, 2.05) is 24.4 Å². The van der Waals surface area contributed by atoms with Crippen molar-refractivity contribution in [2.24, 2.45) is 0 Å². The SMILES string of the molecule is CCc1ccccn1.[Pt]. The Hall–Kier alpha value is -0.162. The van der Waals surface area contributed by atoms with E-state index in [1.54, 1.807) is 0 Å². The maximum absolute atomic E-state index is 4.10. The monoisotopic (exact) mass is 302 g/mol. The Bertz CT molecular complexity index is 150. The number of nitrogens with zero attached hydrogens (tertiary/aromatic N) is 1. The molecule has 52 valence electrons. The van der Waals surface area contributed by atoms with Crippen molar-refractivity contribution in [1.29, 1.82) is 0 Å². The molecule has 0 aliphatic heterocycles. The van der Waals surface area contributed by atoms with Gasteiger partial charge in [-0.3, -0.25) is 4.98 Å². The van der Waals surface area contributed by atoms with Crippen molar-refractivity contribution >= 4 is 0 Å². The number of hydrogen-bond donors (Lipinski definition) is 0. The summed E-state index contributed by atoms with van der Waals surface area (Å²) in [6.07, 6.45) is 2.85. The standard InChI is InChI=1S/C7H9N.Pt/c1-2-7-5-3-4-6-8-7;/h3-6H,2H2,1H3;. The Morgan fingerprint density at radius 2 is 2.22 bits per heavy atom. The van der Waals surface area contributed by atoms with Crippen LogP contribution in [0.5, 0.6) is 0 Å². The summed E-state index contributed by atoms with van der Waals surface area (Å²) >= 11 is 0. The minimum absolute atomic E-state index is 0. The van der Waals surface area contributed by atoms with E-state index in [0.717, 1.165) is 12.1 Å². The zero-order valence-corrected chi connectivity index (χ0v) is 7.55. The molecule has 0 spiro atoms. The first-order valence-corrected chi connectivity index (χ1v) is 2.83. The number of rotatable bonds is 1. The Morgan fingerprint density at radius 1 is 1.44 bits per heavy atom. The molecule has 0 saturated heterocycles. The van der Waals surface area contributed by atoms with Crippen molar-refractivity contribution in [3.05, 3.63) is 30.1 Å². The van der Waals surface area contributed by atoms with Gasteiger partial charge in [-0.25, -0.2) is 0 Å². The topological polar surface area (TPSA) is 12.9 Å². The fourth-order valence-electron chi connectivity index (χ4n) is 0.607. The molecule has 0 N–H and O–H groups in total. The van der Waals surface area contributed by atoms with Crippen molar-refractivity contribution < 1.29 is 21.1 Å². The van der Waals surface area contributed by atoms with Crippen molar-refractivity contribution in [1.82, 2.24) is 4.98 Å². The second-order valence-electron chi connectivity index (χ2n) is 1.67. The third kappa shape index (κ3) is 2.76. The quantitative estimate of drug-likeness (QED) is 0.768. The van der Waals surface area contributed by atoms with Gasteiger partial charge in [-0.1, -0.05) is 13.0 Å². The van der Waals surface area contributed by atoms with E-state index in [-0.39, 0.29) is 21.1 Å². The smallest absolute Gasteiger partial charge is 0.0400 e. The molecule has 1 aromatic rings. The Morgan fingerprint density at radius 3 is 2.56 bits per heavy atom. The van der Waals surface area contributed by atoms with Crippen LogP contribution in [0.25, 0.3) is 0 Å². The summed E-state index contributed by atoms with van der Waals surface area (Å²) in [4.78, 5) is 4.10. The molecule has 1 rings (SSSR count). The van der Waals surface area contributed by atoms with Crippen LogP contribution < -0.4 is 0 Å². The summed E-state index contributed by atoms with van der Waals surface area (Å²) in [6, 6.07) is 5.96. The van der Waals surface area contributed by atoms with Crippen LogP contribution in [0.3, 0.4) is 0 Å². The van der Waals surface area contributed by atoms with Crippen LogP contribution in [0.15, 0.2) is 24.4 Å². The van der Waals surface area contributed by atoms with E-state index in [9.17, 15) is 0 Å². The van der Waals surface area contributed by atoms with Gasteiger partial charge in [0.15, 0.2) is 0 Å². The van der Waals surface area contributed by atoms with Crippen molar-refractivity contribution in [3.8, 4) is 0 Å². The van der Waals surface area contributed by atoms with E-state index in [2.05, 4.69) is 11.9 Å². The van der Waals surface area contributed by atoms with Gasteiger partial charge in [0, 0.05) is 33.0 Å². The summed E-state index contributed by atoms with van der Waals surface area (Å²) in [5.74, 6) is 0. The maximum Gasteiger partial charge on any atom is 0.0400 e. The second kappa shape index (κ2) is 4.69.